The van der Waals surface area contributed by atoms with Crippen molar-refractivity contribution in [2.75, 3.05) is 39.8 Å². The first-order chi connectivity index (χ1) is 12.2. The molecule has 130 valence electrons. The first-order valence-corrected chi connectivity index (χ1v) is 9.54. The summed E-state index contributed by atoms with van der Waals surface area (Å²) in [6.45, 7) is 8.31. The van der Waals surface area contributed by atoms with E-state index in [4.69, 9.17) is 0 Å². The Labute approximate surface area is 151 Å². The molecule has 0 aromatic heterocycles. The van der Waals surface area contributed by atoms with Crippen LogP contribution in [0.15, 0.2) is 48.5 Å². The van der Waals surface area contributed by atoms with Gasteiger partial charge in [-0.1, -0.05) is 48.5 Å². The van der Waals surface area contributed by atoms with Crippen LogP contribution in [-0.2, 0) is 6.42 Å². The third-order valence-electron chi connectivity index (χ3n) is 5.81. The maximum atomic E-state index is 2.62. The first-order valence-electron chi connectivity index (χ1n) is 9.54. The topological polar surface area (TPSA) is 6.48 Å². The Balaban J connectivity index is 1.62. The van der Waals surface area contributed by atoms with Gasteiger partial charge in [0.05, 0.1) is 0 Å². The molecule has 25 heavy (non-hydrogen) atoms. The zero-order valence-electron chi connectivity index (χ0n) is 15.5. The van der Waals surface area contributed by atoms with Crippen molar-refractivity contribution in [3.8, 4) is 0 Å². The minimum absolute atomic E-state index is 1.16. The number of piperazine rings is 1. The quantitative estimate of drug-likeness (QED) is 0.650. The van der Waals surface area contributed by atoms with Crippen LogP contribution in [0.4, 0.5) is 0 Å². The van der Waals surface area contributed by atoms with Gasteiger partial charge in [0.15, 0.2) is 0 Å². The van der Waals surface area contributed by atoms with Gasteiger partial charge in [0, 0.05) is 26.2 Å². The van der Waals surface area contributed by atoms with Crippen LogP contribution in [0.5, 0.6) is 0 Å². The Morgan fingerprint density at radius 2 is 1.28 bits per heavy atom. The van der Waals surface area contributed by atoms with E-state index < -0.39 is 0 Å². The van der Waals surface area contributed by atoms with Gasteiger partial charge in [-0.15, -0.1) is 0 Å². The Morgan fingerprint density at radius 1 is 0.760 bits per heavy atom. The number of benzene rings is 3. The molecule has 1 aliphatic rings. The van der Waals surface area contributed by atoms with Gasteiger partial charge < -0.3 is 9.80 Å². The lowest BCUT2D eigenvalue weighted by Crippen LogP contribution is -2.44. The summed E-state index contributed by atoms with van der Waals surface area (Å²) in [5.74, 6) is 0. The second kappa shape index (κ2) is 7.15. The smallest absolute Gasteiger partial charge is 0.0110 e. The predicted molar refractivity (Wildman–Crippen MR) is 108 cm³/mol. The van der Waals surface area contributed by atoms with E-state index in [9.17, 15) is 0 Å². The maximum Gasteiger partial charge on any atom is 0.0110 e. The third kappa shape index (κ3) is 3.29. The molecule has 0 N–H and O–H groups in total. The Hall–Kier alpha value is -1.90. The molecule has 0 unspecified atom stereocenters. The molecule has 4 rings (SSSR count). The largest absolute Gasteiger partial charge is 0.304 e. The van der Waals surface area contributed by atoms with Crippen LogP contribution < -0.4 is 0 Å². The third-order valence-corrected chi connectivity index (χ3v) is 5.81. The van der Waals surface area contributed by atoms with E-state index in [0.29, 0.717) is 0 Å². The average Bonchev–Trinajstić information content (AvgIpc) is 2.66. The maximum absolute atomic E-state index is 2.62. The van der Waals surface area contributed by atoms with E-state index >= 15 is 0 Å². The van der Waals surface area contributed by atoms with Gasteiger partial charge in [-0.2, -0.15) is 0 Å². The van der Waals surface area contributed by atoms with Crippen molar-refractivity contribution in [1.82, 2.24) is 9.80 Å². The molecule has 1 saturated heterocycles. The van der Waals surface area contributed by atoms with Crippen LogP contribution in [0.3, 0.4) is 0 Å². The predicted octanol–water partition coefficient (Wildman–Crippen LogP) is 4.48. The summed E-state index contributed by atoms with van der Waals surface area (Å²) in [6.07, 6.45) is 2.40. The van der Waals surface area contributed by atoms with Gasteiger partial charge in [0.2, 0.25) is 0 Å². The summed E-state index contributed by atoms with van der Waals surface area (Å²) in [4.78, 5) is 5.05. The SMILES string of the molecule is Cc1c2ccccc2c(CCCN2CCN(C)CC2)c2ccccc12. The molecule has 1 aliphatic heterocycles. The minimum Gasteiger partial charge on any atom is -0.304 e. The molecular weight excluding hydrogens is 304 g/mol. The van der Waals surface area contributed by atoms with E-state index in [1.807, 2.05) is 0 Å². The van der Waals surface area contributed by atoms with Gasteiger partial charge in [0.25, 0.3) is 0 Å². The summed E-state index contributed by atoms with van der Waals surface area (Å²) in [7, 11) is 2.22. The molecular formula is C23H28N2. The van der Waals surface area contributed by atoms with Crippen LogP contribution in [0, 0.1) is 6.92 Å². The number of hydrogen-bond donors (Lipinski definition) is 0. The highest BCUT2D eigenvalue weighted by atomic mass is 15.2. The lowest BCUT2D eigenvalue weighted by Gasteiger charge is -2.32. The van der Waals surface area contributed by atoms with Crippen LogP contribution in [-0.4, -0.2) is 49.6 Å². The molecule has 2 nitrogen and oxygen atoms in total. The molecule has 0 aliphatic carbocycles. The Bertz CT molecular complexity index is 819. The second-order valence-corrected chi connectivity index (χ2v) is 7.44. The second-order valence-electron chi connectivity index (χ2n) is 7.44. The van der Waals surface area contributed by atoms with Gasteiger partial charge in [0.1, 0.15) is 0 Å². The zero-order chi connectivity index (χ0) is 17.2. The minimum atomic E-state index is 1.16. The van der Waals surface area contributed by atoms with Crippen LogP contribution in [0.25, 0.3) is 21.5 Å². The number of likely N-dealkylation sites (N-methyl/N-ethyl adjacent to an activating group) is 1. The molecule has 0 bridgehead atoms. The van der Waals surface area contributed by atoms with Crippen LogP contribution in [0.2, 0.25) is 0 Å². The van der Waals surface area contributed by atoms with Crippen molar-refractivity contribution < 1.29 is 0 Å². The van der Waals surface area contributed by atoms with E-state index in [2.05, 4.69) is 72.3 Å². The fourth-order valence-electron chi connectivity index (χ4n) is 4.26. The van der Waals surface area contributed by atoms with E-state index in [1.165, 1.54) is 71.8 Å². The molecule has 0 spiro atoms. The van der Waals surface area contributed by atoms with Crippen molar-refractivity contribution in [2.45, 2.75) is 19.8 Å². The molecule has 3 aromatic rings. The number of hydrogen-bond acceptors (Lipinski definition) is 2. The summed E-state index contributed by atoms with van der Waals surface area (Å²) in [5, 5.41) is 5.71. The number of rotatable bonds is 4. The molecule has 1 heterocycles. The Kier molecular flexibility index (Phi) is 4.74. The van der Waals surface area contributed by atoms with Crippen molar-refractivity contribution in [3.63, 3.8) is 0 Å². The van der Waals surface area contributed by atoms with Crippen molar-refractivity contribution in [1.29, 1.82) is 0 Å². The van der Waals surface area contributed by atoms with E-state index in [1.54, 1.807) is 0 Å². The molecule has 3 aromatic carbocycles. The van der Waals surface area contributed by atoms with Crippen molar-refractivity contribution in [3.05, 3.63) is 59.7 Å². The molecule has 0 atom stereocenters. The average molecular weight is 332 g/mol. The fraction of sp³-hybridized carbons (Fsp3) is 0.391. The van der Waals surface area contributed by atoms with E-state index in [0.717, 1.165) is 6.42 Å². The summed E-state index contributed by atoms with van der Waals surface area (Å²) < 4.78 is 0. The highest BCUT2D eigenvalue weighted by Gasteiger charge is 2.14. The van der Waals surface area contributed by atoms with Gasteiger partial charge in [-0.25, -0.2) is 0 Å². The normalized spacial score (nSPS) is 16.7. The number of fused-ring (bicyclic) bond motifs is 2. The van der Waals surface area contributed by atoms with Gasteiger partial charge in [-0.3, -0.25) is 0 Å². The Morgan fingerprint density at radius 3 is 1.84 bits per heavy atom. The van der Waals surface area contributed by atoms with Crippen molar-refractivity contribution >= 4 is 21.5 Å². The standard InChI is InChI=1S/C23H28N2/c1-18-19-8-3-5-10-21(19)23(22-11-6-4-9-20(18)22)12-7-13-25-16-14-24(2)15-17-25/h3-6,8-11H,7,12-17H2,1-2H3. The van der Waals surface area contributed by atoms with E-state index in [-0.39, 0.29) is 0 Å². The molecule has 1 fully saturated rings. The van der Waals surface area contributed by atoms with Gasteiger partial charge >= 0.3 is 0 Å². The molecule has 0 amide bonds. The van der Waals surface area contributed by atoms with Crippen molar-refractivity contribution in [2.24, 2.45) is 0 Å². The first kappa shape index (κ1) is 16.6. The zero-order valence-corrected chi connectivity index (χ0v) is 15.5. The number of nitrogens with zero attached hydrogens (tertiary/aromatic N) is 2. The van der Waals surface area contributed by atoms with Crippen LogP contribution >= 0.6 is 0 Å². The summed E-state index contributed by atoms with van der Waals surface area (Å²) in [5.41, 5.74) is 2.94. The molecule has 2 heteroatoms. The molecule has 0 radical (unpaired) electrons. The fourth-order valence-corrected chi connectivity index (χ4v) is 4.26. The lowest BCUT2D eigenvalue weighted by molar-refractivity contribution is 0.153. The van der Waals surface area contributed by atoms with Crippen LogP contribution in [0.1, 0.15) is 17.5 Å². The summed E-state index contributed by atoms with van der Waals surface area (Å²) in [6, 6.07) is 17.9. The lowest BCUT2D eigenvalue weighted by atomic mass is 9.90. The highest BCUT2D eigenvalue weighted by molar-refractivity contribution is 6.05. The van der Waals surface area contributed by atoms with Gasteiger partial charge in [-0.05, 0) is 66.0 Å². The summed E-state index contributed by atoms with van der Waals surface area (Å²) >= 11 is 0. The monoisotopic (exact) mass is 332 g/mol. The number of aryl methyl sites for hydroxylation is 2. The highest BCUT2D eigenvalue weighted by Crippen LogP contribution is 2.33. The molecule has 0 saturated carbocycles.